The van der Waals surface area contributed by atoms with Gasteiger partial charge < -0.3 is 9.47 Å². The summed E-state index contributed by atoms with van der Waals surface area (Å²) in [6, 6.07) is 12.9. The zero-order chi connectivity index (χ0) is 16.6. The lowest BCUT2D eigenvalue weighted by Gasteiger charge is -2.19. The average Bonchev–Trinajstić information content (AvgIpc) is 2.85. The third-order valence-electron chi connectivity index (χ3n) is 3.80. The van der Waals surface area contributed by atoms with E-state index in [0.29, 0.717) is 15.7 Å². The van der Waals surface area contributed by atoms with Gasteiger partial charge in [-0.2, -0.15) is 0 Å². The molecule has 0 aliphatic rings. The van der Waals surface area contributed by atoms with Gasteiger partial charge in [-0.3, -0.25) is 4.79 Å². The number of hydrogen-bond donors (Lipinski definition) is 0. The number of likely N-dealkylation sites (N-methyl/N-ethyl adjacent to an activating group) is 1. The second kappa shape index (κ2) is 6.22. The van der Waals surface area contributed by atoms with Crippen LogP contribution in [0.1, 0.15) is 5.82 Å². The normalized spacial score (nSPS) is 11.0. The summed E-state index contributed by atoms with van der Waals surface area (Å²) in [6.07, 6.45) is 0. The van der Waals surface area contributed by atoms with Crippen LogP contribution in [0.25, 0.3) is 11.0 Å². The van der Waals surface area contributed by atoms with E-state index in [1.165, 1.54) is 0 Å². The van der Waals surface area contributed by atoms with Gasteiger partial charge in [-0.05, 0) is 37.3 Å². The van der Waals surface area contributed by atoms with Crippen molar-refractivity contribution < 1.29 is 4.79 Å². The highest BCUT2D eigenvalue weighted by molar-refractivity contribution is 6.42. The Kier molecular flexibility index (Phi) is 4.28. The van der Waals surface area contributed by atoms with Crippen molar-refractivity contribution in [3.63, 3.8) is 0 Å². The zero-order valence-corrected chi connectivity index (χ0v) is 14.3. The number of carbonyl (C=O) groups excluding carboxylic acids is 1. The van der Waals surface area contributed by atoms with E-state index in [0.717, 1.165) is 16.9 Å². The summed E-state index contributed by atoms with van der Waals surface area (Å²) in [6.45, 7) is 2.11. The molecule has 0 bridgehead atoms. The fourth-order valence-corrected chi connectivity index (χ4v) is 2.77. The maximum absolute atomic E-state index is 12.6. The molecule has 0 aliphatic heterocycles. The molecule has 0 spiro atoms. The van der Waals surface area contributed by atoms with E-state index >= 15 is 0 Å². The van der Waals surface area contributed by atoms with Crippen molar-refractivity contribution in [3.8, 4) is 0 Å². The molecule has 2 aromatic carbocycles. The van der Waals surface area contributed by atoms with Gasteiger partial charge in [0.15, 0.2) is 0 Å². The van der Waals surface area contributed by atoms with Crippen molar-refractivity contribution in [1.29, 1.82) is 0 Å². The number of amides is 1. The number of anilines is 1. The lowest BCUT2D eigenvalue weighted by Crippen LogP contribution is -2.30. The van der Waals surface area contributed by atoms with Crippen LogP contribution < -0.4 is 4.90 Å². The van der Waals surface area contributed by atoms with Gasteiger partial charge in [0, 0.05) is 12.7 Å². The highest BCUT2D eigenvalue weighted by Crippen LogP contribution is 2.27. The van der Waals surface area contributed by atoms with Crippen LogP contribution in [0.15, 0.2) is 42.5 Å². The van der Waals surface area contributed by atoms with Crippen LogP contribution >= 0.6 is 23.2 Å². The zero-order valence-electron chi connectivity index (χ0n) is 12.8. The Labute approximate surface area is 144 Å². The third kappa shape index (κ3) is 3.05. The van der Waals surface area contributed by atoms with Crippen molar-refractivity contribution in [3.05, 3.63) is 58.3 Å². The lowest BCUT2D eigenvalue weighted by molar-refractivity contribution is -0.118. The van der Waals surface area contributed by atoms with E-state index in [2.05, 4.69) is 4.98 Å². The topological polar surface area (TPSA) is 38.1 Å². The number of aromatic nitrogens is 2. The molecule has 0 unspecified atom stereocenters. The minimum absolute atomic E-state index is 0.0605. The van der Waals surface area contributed by atoms with Gasteiger partial charge in [-0.25, -0.2) is 4.98 Å². The minimum atomic E-state index is -0.0605. The minimum Gasteiger partial charge on any atom is -0.319 e. The summed E-state index contributed by atoms with van der Waals surface area (Å²) in [7, 11) is 1.72. The molecule has 3 rings (SSSR count). The molecule has 118 valence electrons. The molecular formula is C17H15Cl2N3O. The van der Waals surface area contributed by atoms with Crippen molar-refractivity contribution in [2.24, 2.45) is 0 Å². The first-order valence-electron chi connectivity index (χ1n) is 7.11. The SMILES string of the molecule is Cc1nc2ccccc2n1CC(=O)N(C)c1ccc(Cl)c(Cl)c1. The number of benzene rings is 2. The molecule has 1 heterocycles. The van der Waals surface area contributed by atoms with Gasteiger partial charge in [-0.15, -0.1) is 0 Å². The molecule has 0 saturated heterocycles. The summed E-state index contributed by atoms with van der Waals surface area (Å²) >= 11 is 11.9. The quantitative estimate of drug-likeness (QED) is 0.707. The van der Waals surface area contributed by atoms with Crippen LogP contribution in [-0.4, -0.2) is 22.5 Å². The number of hydrogen-bond acceptors (Lipinski definition) is 2. The smallest absolute Gasteiger partial charge is 0.246 e. The van der Waals surface area contributed by atoms with Crippen molar-refractivity contribution >= 4 is 45.8 Å². The monoisotopic (exact) mass is 347 g/mol. The van der Waals surface area contributed by atoms with Crippen LogP contribution in [0.3, 0.4) is 0 Å². The van der Waals surface area contributed by atoms with Gasteiger partial charge in [0.25, 0.3) is 0 Å². The van der Waals surface area contributed by atoms with Crippen molar-refractivity contribution in [2.45, 2.75) is 13.5 Å². The fourth-order valence-electron chi connectivity index (χ4n) is 2.47. The third-order valence-corrected chi connectivity index (χ3v) is 4.54. The summed E-state index contributed by atoms with van der Waals surface area (Å²) in [4.78, 5) is 18.6. The number of fused-ring (bicyclic) bond motifs is 1. The van der Waals surface area contributed by atoms with Gasteiger partial charge in [0.2, 0.25) is 5.91 Å². The lowest BCUT2D eigenvalue weighted by atomic mass is 10.3. The molecule has 4 nitrogen and oxygen atoms in total. The van der Waals surface area contributed by atoms with E-state index in [4.69, 9.17) is 23.2 Å². The van der Waals surface area contributed by atoms with Gasteiger partial charge in [-0.1, -0.05) is 35.3 Å². The number of halogens is 2. The fraction of sp³-hybridized carbons (Fsp3) is 0.176. The first kappa shape index (κ1) is 15.8. The Morgan fingerprint density at radius 2 is 1.91 bits per heavy atom. The van der Waals surface area contributed by atoms with Crippen LogP contribution in [0.5, 0.6) is 0 Å². The highest BCUT2D eigenvalue weighted by atomic mass is 35.5. The molecule has 0 N–H and O–H groups in total. The maximum atomic E-state index is 12.6. The molecule has 0 atom stereocenters. The largest absolute Gasteiger partial charge is 0.319 e. The molecule has 0 fully saturated rings. The van der Waals surface area contributed by atoms with Crippen molar-refractivity contribution in [2.75, 3.05) is 11.9 Å². The number of nitrogens with zero attached hydrogens (tertiary/aromatic N) is 3. The van der Waals surface area contributed by atoms with Gasteiger partial charge in [0.05, 0.1) is 21.1 Å². The first-order chi connectivity index (χ1) is 11.0. The van der Waals surface area contributed by atoms with E-state index < -0.39 is 0 Å². The second-order valence-electron chi connectivity index (χ2n) is 5.29. The predicted molar refractivity (Wildman–Crippen MR) is 94.3 cm³/mol. The average molecular weight is 348 g/mol. The Bertz CT molecular complexity index is 889. The first-order valence-corrected chi connectivity index (χ1v) is 7.86. The maximum Gasteiger partial charge on any atom is 0.246 e. The van der Waals surface area contributed by atoms with Crippen LogP contribution in [-0.2, 0) is 11.3 Å². The van der Waals surface area contributed by atoms with Crippen LogP contribution in [0.4, 0.5) is 5.69 Å². The molecule has 3 aromatic rings. The second-order valence-corrected chi connectivity index (χ2v) is 6.10. The summed E-state index contributed by atoms with van der Waals surface area (Å²) in [5, 5.41) is 0.890. The molecule has 0 aliphatic carbocycles. The number of imidazole rings is 1. The Morgan fingerprint density at radius 1 is 1.17 bits per heavy atom. The van der Waals surface area contributed by atoms with Gasteiger partial charge in [0.1, 0.15) is 12.4 Å². The summed E-state index contributed by atoms with van der Waals surface area (Å²) < 4.78 is 1.91. The molecule has 0 saturated carbocycles. The molecule has 1 aromatic heterocycles. The van der Waals surface area contributed by atoms with Crippen LogP contribution in [0.2, 0.25) is 10.0 Å². The standard InChI is InChI=1S/C17H15Cl2N3O/c1-11-20-15-5-3-4-6-16(15)22(11)10-17(23)21(2)12-7-8-13(18)14(19)9-12/h3-9H,10H2,1-2H3. The Hall–Kier alpha value is -2.04. The van der Waals surface area contributed by atoms with Crippen molar-refractivity contribution in [1.82, 2.24) is 9.55 Å². The molecule has 1 amide bonds. The number of carbonyl (C=O) groups is 1. The molecule has 0 radical (unpaired) electrons. The van der Waals surface area contributed by atoms with Crippen LogP contribution in [0, 0.1) is 6.92 Å². The molecule has 23 heavy (non-hydrogen) atoms. The van der Waals surface area contributed by atoms with Gasteiger partial charge >= 0.3 is 0 Å². The summed E-state index contributed by atoms with van der Waals surface area (Å²) in [5.74, 6) is 0.747. The van der Waals surface area contributed by atoms with E-state index in [-0.39, 0.29) is 12.5 Å². The van der Waals surface area contributed by atoms with E-state index in [1.807, 2.05) is 35.8 Å². The molecule has 6 heteroatoms. The van der Waals surface area contributed by atoms with E-state index in [1.54, 1.807) is 30.1 Å². The molecular weight excluding hydrogens is 333 g/mol. The Balaban J connectivity index is 1.88. The highest BCUT2D eigenvalue weighted by Gasteiger charge is 2.16. The summed E-state index contributed by atoms with van der Waals surface area (Å²) in [5.41, 5.74) is 2.53. The Morgan fingerprint density at radius 3 is 2.65 bits per heavy atom. The number of aryl methyl sites for hydroxylation is 1. The number of rotatable bonds is 3. The van der Waals surface area contributed by atoms with E-state index in [9.17, 15) is 4.79 Å². The number of para-hydroxylation sites is 2. The predicted octanol–water partition coefficient (Wildman–Crippen LogP) is 4.31.